The summed E-state index contributed by atoms with van der Waals surface area (Å²) in [6.45, 7) is 9.04. The SMILES string of the molecule is Cc1cnc(Nc2ccc(N3CCNCC3=O)cn2)cc1-c1cc(F)c2c(c1)N(C(C)C)CCO2. The maximum absolute atomic E-state index is 15.0. The molecule has 5 rings (SSSR count). The molecule has 2 N–H and O–H groups in total. The Morgan fingerprint density at radius 3 is 2.69 bits per heavy atom. The van der Waals surface area contributed by atoms with Crippen LogP contribution in [0.3, 0.4) is 0 Å². The molecule has 0 bridgehead atoms. The van der Waals surface area contributed by atoms with Crippen LogP contribution in [0.4, 0.5) is 27.4 Å². The molecule has 2 aliphatic heterocycles. The molecule has 8 nitrogen and oxygen atoms in total. The number of pyridine rings is 2. The van der Waals surface area contributed by atoms with E-state index in [1.54, 1.807) is 17.3 Å². The summed E-state index contributed by atoms with van der Waals surface area (Å²) in [5, 5.41) is 6.28. The second-order valence-corrected chi connectivity index (χ2v) is 9.08. The first-order valence-corrected chi connectivity index (χ1v) is 11.8. The molecular formula is C26H29FN6O2. The highest BCUT2D eigenvalue weighted by atomic mass is 19.1. The van der Waals surface area contributed by atoms with Gasteiger partial charge in [-0.05, 0) is 67.8 Å². The zero-order valence-electron chi connectivity index (χ0n) is 20.1. The lowest BCUT2D eigenvalue weighted by Crippen LogP contribution is -2.48. The van der Waals surface area contributed by atoms with Crippen molar-refractivity contribution in [2.75, 3.05) is 47.9 Å². The number of nitrogens with one attached hydrogen (secondary N) is 2. The maximum atomic E-state index is 15.0. The predicted molar refractivity (Wildman–Crippen MR) is 135 cm³/mol. The first-order valence-electron chi connectivity index (χ1n) is 11.8. The van der Waals surface area contributed by atoms with Gasteiger partial charge < -0.3 is 25.2 Å². The number of aromatic nitrogens is 2. The van der Waals surface area contributed by atoms with Gasteiger partial charge in [0.15, 0.2) is 11.6 Å². The van der Waals surface area contributed by atoms with Crippen LogP contribution in [0.1, 0.15) is 19.4 Å². The third kappa shape index (κ3) is 4.64. The smallest absolute Gasteiger partial charge is 0.241 e. The van der Waals surface area contributed by atoms with Crippen molar-refractivity contribution >= 4 is 28.9 Å². The summed E-state index contributed by atoms with van der Waals surface area (Å²) < 4.78 is 20.7. The summed E-state index contributed by atoms with van der Waals surface area (Å²) in [5.74, 6) is 1.18. The Kier molecular flexibility index (Phi) is 6.25. The number of piperazine rings is 1. The molecule has 1 aromatic carbocycles. The number of halogens is 1. The Morgan fingerprint density at radius 1 is 1.11 bits per heavy atom. The van der Waals surface area contributed by atoms with E-state index in [0.717, 1.165) is 41.2 Å². The highest BCUT2D eigenvalue weighted by Gasteiger charge is 2.25. The highest BCUT2D eigenvalue weighted by Crippen LogP contribution is 2.40. The number of benzene rings is 1. The molecular weight excluding hydrogens is 447 g/mol. The molecule has 0 aliphatic carbocycles. The van der Waals surface area contributed by atoms with E-state index in [2.05, 4.69) is 39.3 Å². The van der Waals surface area contributed by atoms with Crippen LogP contribution < -0.4 is 25.2 Å². The van der Waals surface area contributed by atoms with E-state index in [0.29, 0.717) is 37.1 Å². The van der Waals surface area contributed by atoms with E-state index >= 15 is 4.39 Å². The van der Waals surface area contributed by atoms with E-state index < -0.39 is 0 Å². The molecule has 35 heavy (non-hydrogen) atoms. The Hall–Kier alpha value is -3.72. The molecule has 0 atom stereocenters. The third-order valence-electron chi connectivity index (χ3n) is 6.35. The van der Waals surface area contributed by atoms with Crippen LogP contribution >= 0.6 is 0 Å². The van der Waals surface area contributed by atoms with Gasteiger partial charge in [0.1, 0.15) is 18.2 Å². The number of hydrogen-bond donors (Lipinski definition) is 2. The molecule has 0 radical (unpaired) electrons. The van der Waals surface area contributed by atoms with Crippen molar-refractivity contribution in [3.8, 4) is 16.9 Å². The van der Waals surface area contributed by atoms with Gasteiger partial charge in [-0.1, -0.05) is 0 Å². The molecule has 2 aromatic heterocycles. The van der Waals surface area contributed by atoms with Crippen LogP contribution in [0.5, 0.6) is 5.75 Å². The summed E-state index contributed by atoms with van der Waals surface area (Å²) >= 11 is 0. The molecule has 9 heteroatoms. The van der Waals surface area contributed by atoms with E-state index in [1.807, 2.05) is 31.2 Å². The van der Waals surface area contributed by atoms with Crippen LogP contribution in [0.2, 0.25) is 0 Å². The lowest BCUT2D eigenvalue weighted by Gasteiger charge is -2.35. The number of fused-ring (bicyclic) bond motifs is 1. The lowest BCUT2D eigenvalue weighted by molar-refractivity contribution is -0.118. The first-order chi connectivity index (χ1) is 16.9. The van der Waals surface area contributed by atoms with Gasteiger partial charge >= 0.3 is 0 Å². The second kappa shape index (κ2) is 9.50. The van der Waals surface area contributed by atoms with E-state index in [9.17, 15) is 4.79 Å². The van der Waals surface area contributed by atoms with Crippen molar-refractivity contribution < 1.29 is 13.9 Å². The summed E-state index contributed by atoms with van der Waals surface area (Å²) in [5.41, 5.74) is 4.11. The fraction of sp³-hybridized carbons (Fsp3) is 0.346. The molecule has 1 amide bonds. The number of rotatable bonds is 5. The van der Waals surface area contributed by atoms with Gasteiger partial charge in [0, 0.05) is 25.3 Å². The van der Waals surface area contributed by atoms with Crippen LogP contribution in [-0.4, -0.2) is 54.7 Å². The summed E-state index contributed by atoms with van der Waals surface area (Å²) in [4.78, 5) is 25.0. The number of carbonyl (C=O) groups excluding carboxylic acids is 1. The summed E-state index contributed by atoms with van der Waals surface area (Å²) in [6, 6.07) is 9.33. The van der Waals surface area contributed by atoms with Crippen LogP contribution in [-0.2, 0) is 4.79 Å². The molecule has 1 fully saturated rings. The van der Waals surface area contributed by atoms with E-state index in [-0.39, 0.29) is 17.8 Å². The minimum absolute atomic E-state index is 0.0299. The molecule has 3 aromatic rings. The Labute approximate surface area is 204 Å². The normalized spacial score (nSPS) is 15.7. The van der Waals surface area contributed by atoms with Gasteiger partial charge in [0.25, 0.3) is 0 Å². The van der Waals surface area contributed by atoms with Gasteiger partial charge in [0.05, 0.1) is 30.7 Å². The fourth-order valence-corrected chi connectivity index (χ4v) is 4.53. The second-order valence-electron chi connectivity index (χ2n) is 9.08. The molecule has 0 spiro atoms. The van der Waals surface area contributed by atoms with Gasteiger partial charge in [0.2, 0.25) is 5.91 Å². The van der Waals surface area contributed by atoms with Gasteiger partial charge in [-0.15, -0.1) is 0 Å². The van der Waals surface area contributed by atoms with Crippen molar-refractivity contribution in [1.29, 1.82) is 0 Å². The predicted octanol–water partition coefficient (Wildman–Crippen LogP) is 3.88. The number of aryl methyl sites for hydroxylation is 1. The standard InChI is InChI=1S/C26H29FN6O2/c1-16(2)32-8-9-35-26-21(27)10-18(11-22(26)32)20-12-24(29-13-17(20)3)31-23-5-4-19(14-30-23)33-7-6-28-15-25(33)34/h4-5,10-14,16,28H,6-9,15H2,1-3H3,(H,29,30,31). The monoisotopic (exact) mass is 476 g/mol. The topological polar surface area (TPSA) is 82.6 Å². The number of anilines is 4. The number of nitrogens with zero attached hydrogens (tertiary/aromatic N) is 4. The van der Waals surface area contributed by atoms with Crippen molar-refractivity contribution in [3.63, 3.8) is 0 Å². The highest BCUT2D eigenvalue weighted by molar-refractivity contribution is 5.95. The van der Waals surface area contributed by atoms with Gasteiger partial charge in [-0.3, -0.25) is 4.79 Å². The number of amides is 1. The number of ether oxygens (including phenoxy) is 1. The average molecular weight is 477 g/mol. The van der Waals surface area contributed by atoms with Crippen molar-refractivity contribution in [1.82, 2.24) is 15.3 Å². The quantitative estimate of drug-likeness (QED) is 0.578. The third-order valence-corrected chi connectivity index (χ3v) is 6.35. The Balaban J connectivity index is 1.41. The van der Waals surface area contributed by atoms with Crippen molar-refractivity contribution in [3.05, 3.63) is 54.1 Å². The molecule has 182 valence electrons. The minimum Gasteiger partial charge on any atom is -0.486 e. The minimum atomic E-state index is -0.367. The molecule has 0 saturated carbocycles. The molecule has 4 heterocycles. The van der Waals surface area contributed by atoms with Crippen LogP contribution in [0.15, 0.2) is 42.7 Å². The summed E-state index contributed by atoms with van der Waals surface area (Å²) in [6.07, 6.45) is 3.44. The molecule has 0 unspecified atom stereocenters. The lowest BCUT2D eigenvalue weighted by atomic mass is 10.00. The van der Waals surface area contributed by atoms with Gasteiger partial charge in [-0.25, -0.2) is 14.4 Å². The average Bonchev–Trinajstić information content (AvgIpc) is 2.85. The fourth-order valence-electron chi connectivity index (χ4n) is 4.53. The number of carbonyl (C=O) groups is 1. The molecule has 1 saturated heterocycles. The summed E-state index contributed by atoms with van der Waals surface area (Å²) in [7, 11) is 0. The van der Waals surface area contributed by atoms with Crippen LogP contribution in [0, 0.1) is 12.7 Å². The first kappa shape index (κ1) is 23.0. The zero-order valence-corrected chi connectivity index (χ0v) is 20.1. The van der Waals surface area contributed by atoms with E-state index in [1.165, 1.54) is 6.07 Å². The Bertz CT molecular complexity index is 1250. The van der Waals surface area contributed by atoms with Crippen LogP contribution in [0.25, 0.3) is 11.1 Å². The van der Waals surface area contributed by atoms with Gasteiger partial charge in [-0.2, -0.15) is 0 Å². The number of hydrogen-bond acceptors (Lipinski definition) is 7. The van der Waals surface area contributed by atoms with Crippen molar-refractivity contribution in [2.24, 2.45) is 0 Å². The maximum Gasteiger partial charge on any atom is 0.241 e. The van der Waals surface area contributed by atoms with Crippen molar-refractivity contribution in [2.45, 2.75) is 26.8 Å². The zero-order chi connectivity index (χ0) is 24.5. The van der Waals surface area contributed by atoms with E-state index in [4.69, 9.17) is 4.74 Å². The molecule has 2 aliphatic rings. The Morgan fingerprint density at radius 2 is 1.94 bits per heavy atom. The largest absolute Gasteiger partial charge is 0.486 e.